The fraction of sp³-hybridized carbons (Fsp3) is 0.0222. The van der Waals surface area contributed by atoms with Crippen molar-refractivity contribution < 1.29 is 40.6 Å². The highest BCUT2D eigenvalue weighted by Crippen LogP contribution is 2.44. The maximum absolute atomic E-state index is 16.4. The third-order valence-electron chi connectivity index (χ3n) is 8.21. The maximum Gasteiger partial charge on any atom is 0.419 e. The van der Waals surface area contributed by atoms with Crippen LogP contribution in [0.2, 0.25) is 0 Å². The van der Waals surface area contributed by atoms with Crippen LogP contribution in [0.3, 0.4) is 0 Å². The van der Waals surface area contributed by atoms with Crippen LogP contribution < -0.4 is 10.7 Å². The van der Waals surface area contributed by atoms with E-state index in [4.69, 9.17) is 32.4 Å². The molecule has 0 spiro atoms. The summed E-state index contributed by atoms with van der Waals surface area (Å²) in [4.78, 5) is 14.8. The van der Waals surface area contributed by atoms with Crippen LogP contribution in [0, 0.1) is 0 Å². The standard InChI is InChI=1S/C45H29F3N4/c46-45(47,48)43-32-27-49-44(43)42(31-19-11-4-12-20-31)38-26-25-37(52-38)41(30-17-9-3-10-18-30)36-24-23-35(51-36)40(29-15-7-2-8-16-29)34-22-21-33(50-34)39(32)28-13-5-1-6-14-28/h1-27,49-50H/i1D,2D,3D,4D,5D,6D,7D,8D,9D,10D,11D,12D,13D,14D,15D,16D,17D,18D,19D,20D. The van der Waals surface area contributed by atoms with Crippen molar-refractivity contribution in [2.75, 3.05) is 0 Å². The zero-order valence-corrected chi connectivity index (χ0v) is 26.1. The highest BCUT2D eigenvalue weighted by molar-refractivity contribution is 6.35. The molecule has 0 atom stereocenters. The van der Waals surface area contributed by atoms with Gasteiger partial charge in [0.05, 0.1) is 61.5 Å². The minimum Gasteiger partial charge on any atom is -0.360 e. The number of allylic oxidation sites excluding steroid dienone is 5. The van der Waals surface area contributed by atoms with Gasteiger partial charge in [0.1, 0.15) is 0 Å². The van der Waals surface area contributed by atoms with E-state index in [0.29, 0.717) is 0 Å². The minimum absolute atomic E-state index is 0.223. The fourth-order valence-corrected chi connectivity index (χ4v) is 6.16. The summed E-state index contributed by atoms with van der Waals surface area (Å²) in [5, 5.41) is -0.633. The smallest absolute Gasteiger partial charge is 0.360 e. The lowest BCUT2D eigenvalue weighted by molar-refractivity contribution is -0.137. The number of hydrogen-bond acceptors (Lipinski definition) is 2. The summed E-state index contributed by atoms with van der Waals surface area (Å²) in [6, 6.07) is -15.2. The predicted octanol–water partition coefficient (Wildman–Crippen LogP) is 9.01. The fourth-order valence-electron chi connectivity index (χ4n) is 6.16. The minimum atomic E-state index is -5.53. The molecule has 0 unspecified atom stereocenters. The molecule has 5 heterocycles. The molecule has 0 amide bonds. The third kappa shape index (κ3) is 5.43. The largest absolute Gasteiger partial charge is 0.419 e. The molecule has 250 valence electrons. The van der Waals surface area contributed by atoms with Gasteiger partial charge < -0.3 is 9.97 Å². The second-order valence-electron chi connectivity index (χ2n) is 11.2. The molecule has 7 heteroatoms. The number of nitrogens with zero attached hydrogens (tertiary/aromatic N) is 2. The number of alkyl halides is 3. The van der Waals surface area contributed by atoms with E-state index in [1.165, 1.54) is 18.2 Å². The normalized spacial score (nSPS) is 20.8. The molecule has 0 aliphatic carbocycles. The molecule has 0 saturated heterocycles. The number of hydrogen-bond donors (Lipinski definition) is 2. The summed E-state index contributed by atoms with van der Waals surface area (Å²) < 4.78 is 223. The van der Waals surface area contributed by atoms with Crippen LogP contribution in [0.4, 0.5) is 13.2 Å². The predicted molar refractivity (Wildman–Crippen MR) is 202 cm³/mol. The quantitative estimate of drug-likeness (QED) is 0.184. The molecule has 8 bridgehead atoms. The molecular formula is C45H29F3N4. The van der Waals surface area contributed by atoms with Gasteiger partial charge in [-0.3, -0.25) is 0 Å². The Morgan fingerprint density at radius 2 is 0.923 bits per heavy atom. The van der Waals surface area contributed by atoms with Crippen LogP contribution in [0.5, 0.6) is 0 Å². The lowest BCUT2D eigenvalue weighted by Gasteiger charge is -2.16. The van der Waals surface area contributed by atoms with Gasteiger partial charge in [-0.1, -0.05) is 121 Å². The molecule has 2 aromatic heterocycles. The molecule has 3 aliphatic rings. The van der Waals surface area contributed by atoms with Crippen molar-refractivity contribution in [2.24, 2.45) is 9.98 Å². The molecule has 4 aromatic carbocycles. The average molecular weight is 703 g/mol. The molecule has 2 N–H and O–H groups in total. The van der Waals surface area contributed by atoms with Crippen molar-refractivity contribution in [1.29, 1.82) is 0 Å². The molecule has 3 aliphatic heterocycles. The van der Waals surface area contributed by atoms with Crippen LogP contribution in [0.25, 0.3) is 22.3 Å². The Morgan fingerprint density at radius 1 is 0.500 bits per heavy atom. The van der Waals surface area contributed by atoms with Gasteiger partial charge >= 0.3 is 6.18 Å². The lowest BCUT2D eigenvalue weighted by Crippen LogP contribution is -2.20. The SMILES string of the molecule is [2H]c1c([2H])c([2H])c(C2=C3C=CC(=N3)C(c3c([2H])c([2H])c([2H])c([2H])c3[2H])=c3ccc([nH]3)=C(c3c([2H])c([2H])c([2H])c([2H])c3[2H])c3c[nH]c(c3C(F)(F)F)C(c3c([2H])c([2H])c([2H])c([2H])c3[2H])=C3C=CC2=N3)c([2H])c1[2H]. The van der Waals surface area contributed by atoms with E-state index < -0.39 is 188 Å². The third-order valence-corrected chi connectivity index (χ3v) is 8.21. The van der Waals surface area contributed by atoms with Gasteiger partial charge in [-0.05, 0) is 58.7 Å². The van der Waals surface area contributed by atoms with Crippen LogP contribution in [0.1, 0.15) is 66.5 Å². The molecule has 0 radical (unpaired) electrons. The first-order valence-electron chi connectivity index (χ1n) is 25.3. The molecule has 6 aromatic rings. The first kappa shape index (κ1) is 16.5. The number of fused-ring (bicyclic) bond motifs is 6. The number of rotatable bonds is 4. The number of aromatic nitrogens is 2. The van der Waals surface area contributed by atoms with Crippen molar-refractivity contribution in [3.05, 3.63) is 225 Å². The van der Waals surface area contributed by atoms with E-state index in [0.717, 1.165) is 24.4 Å². The zero-order chi connectivity index (χ0) is 52.6. The Bertz CT molecular complexity index is 3740. The summed E-state index contributed by atoms with van der Waals surface area (Å²) in [7, 11) is 0. The van der Waals surface area contributed by atoms with E-state index in [9.17, 15) is 0 Å². The van der Waals surface area contributed by atoms with Gasteiger partial charge in [0.2, 0.25) is 0 Å². The summed E-state index contributed by atoms with van der Waals surface area (Å²) in [6.07, 6.45) is 0.0470. The highest BCUT2D eigenvalue weighted by atomic mass is 19.4. The summed E-state index contributed by atoms with van der Waals surface area (Å²) in [6.45, 7) is 0. The number of halogens is 3. The number of aromatic amines is 2. The molecule has 4 nitrogen and oxygen atoms in total. The van der Waals surface area contributed by atoms with Crippen LogP contribution in [-0.4, -0.2) is 21.4 Å². The second-order valence-corrected chi connectivity index (χ2v) is 11.2. The van der Waals surface area contributed by atoms with Gasteiger partial charge in [-0.15, -0.1) is 0 Å². The molecule has 0 saturated carbocycles. The average Bonchev–Trinajstić information content (AvgIpc) is 4.20. The van der Waals surface area contributed by atoms with Crippen molar-refractivity contribution in [3.63, 3.8) is 0 Å². The number of nitrogens with one attached hydrogen (secondary N) is 2. The lowest BCUT2D eigenvalue weighted by atomic mass is 9.91. The summed E-state index contributed by atoms with van der Waals surface area (Å²) in [5.74, 6) is 0. The van der Waals surface area contributed by atoms with Gasteiger partial charge in [-0.2, -0.15) is 13.2 Å². The van der Waals surface area contributed by atoms with Crippen molar-refractivity contribution in [3.8, 4) is 0 Å². The van der Waals surface area contributed by atoms with Gasteiger partial charge in [0, 0.05) is 44.8 Å². The second kappa shape index (κ2) is 12.5. The van der Waals surface area contributed by atoms with Crippen LogP contribution in [-0.2, 0) is 6.18 Å². The Kier molecular flexibility index (Phi) is 3.99. The molecule has 9 rings (SSSR count). The zero-order valence-electron chi connectivity index (χ0n) is 46.1. The first-order valence-corrected chi connectivity index (χ1v) is 15.3. The van der Waals surface area contributed by atoms with Gasteiger partial charge in [0.15, 0.2) is 0 Å². The molecular weight excluding hydrogens is 654 g/mol. The highest BCUT2D eigenvalue weighted by Gasteiger charge is 2.40. The van der Waals surface area contributed by atoms with Gasteiger partial charge in [0.25, 0.3) is 0 Å². The van der Waals surface area contributed by atoms with E-state index in [-0.39, 0.29) is 33.6 Å². The van der Waals surface area contributed by atoms with Crippen LogP contribution >= 0.6 is 0 Å². The van der Waals surface area contributed by atoms with Crippen molar-refractivity contribution >= 4 is 33.7 Å². The topological polar surface area (TPSA) is 56.3 Å². The summed E-state index contributed by atoms with van der Waals surface area (Å²) >= 11 is 0. The number of aliphatic imine (C=N–C) groups is 2. The maximum atomic E-state index is 16.4. The Hall–Kier alpha value is -6.73. The Labute approximate surface area is 325 Å². The number of H-pyrrole nitrogens is 2. The van der Waals surface area contributed by atoms with Crippen LogP contribution in [0.15, 0.2) is 185 Å². The van der Waals surface area contributed by atoms with E-state index >= 15 is 13.2 Å². The van der Waals surface area contributed by atoms with Crippen molar-refractivity contribution in [2.45, 2.75) is 6.18 Å². The van der Waals surface area contributed by atoms with Crippen molar-refractivity contribution in [1.82, 2.24) is 9.97 Å². The summed E-state index contributed by atoms with van der Waals surface area (Å²) in [5.41, 5.74) is -9.67. The molecule has 0 fully saturated rings. The van der Waals surface area contributed by atoms with E-state index in [1.807, 2.05) is 0 Å². The first-order chi connectivity index (χ1) is 33.7. The Morgan fingerprint density at radius 3 is 1.44 bits per heavy atom. The van der Waals surface area contributed by atoms with E-state index in [2.05, 4.69) is 15.0 Å². The Balaban J connectivity index is 1.60. The molecule has 52 heavy (non-hydrogen) atoms. The number of benzene rings is 4. The monoisotopic (exact) mass is 702 g/mol. The van der Waals surface area contributed by atoms with Gasteiger partial charge in [-0.25, -0.2) is 9.98 Å². The van der Waals surface area contributed by atoms with E-state index in [1.54, 1.807) is 0 Å².